The average molecular weight is 339 g/mol. The highest BCUT2D eigenvalue weighted by molar-refractivity contribution is 5.95. The molecule has 2 aromatic rings. The lowest BCUT2D eigenvalue weighted by Crippen LogP contribution is -2.52. The largest absolute Gasteiger partial charge is 0.421 e. The quantitative estimate of drug-likeness (QED) is 0.827. The standard InChI is InChI=1S/C20H25N3O2/c1-13-10-11-23(18-9-4-3-8-17(13)18)20(24)16-7-5-6-15(12-16)19-22-21-14(2)25-19/h5-7,12-13,17-18H,3-4,8-11H2,1-2H3/t13-,17+,18-/m0/s1. The summed E-state index contributed by atoms with van der Waals surface area (Å²) in [5, 5.41) is 7.94. The van der Waals surface area contributed by atoms with Crippen LogP contribution in [0.3, 0.4) is 0 Å². The predicted molar refractivity (Wildman–Crippen MR) is 95.0 cm³/mol. The van der Waals surface area contributed by atoms with Crippen molar-refractivity contribution in [3.8, 4) is 11.5 Å². The molecule has 0 radical (unpaired) electrons. The van der Waals surface area contributed by atoms with Crippen LogP contribution in [0.15, 0.2) is 28.7 Å². The van der Waals surface area contributed by atoms with Gasteiger partial charge in [-0.15, -0.1) is 10.2 Å². The summed E-state index contributed by atoms with van der Waals surface area (Å²) < 4.78 is 5.50. The second-order valence-corrected chi connectivity index (χ2v) is 7.49. The average Bonchev–Trinajstić information content (AvgIpc) is 3.08. The molecule has 2 heterocycles. The van der Waals surface area contributed by atoms with Gasteiger partial charge in [0.05, 0.1) is 0 Å². The fourth-order valence-corrected chi connectivity index (χ4v) is 4.53. The number of hydrogen-bond donors (Lipinski definition) is 0. The molecule has 5 nitrogen and oxygen atoms in total. The Kier molecular flexibility index (Phi) is 4.32. The summed E-state index contributed by atoms with van der Waals surface area (Å²) in [6.45, 7) is 4.98. The fourth-order valence-electron chi connectivity index (χ4n) is 4.53. The SMILES string of the molecule is Cc1nnc(-c2cccc(C(=O)N3CC[C@H](C)[C@H]4CCCC[C@@H]43)c2)o1. The number of aryl methyl sites for hydroxylation is 1. The minimum atomic E-state index is 0.141. The molecule has 0 unspecified atom stereocenters. The highest BCUT2D eigenvalue weighted by Gasteiger charge is 2.39. The summed E-state index contributed by atoms with van der Waals surface area (Å²) in [4.78, 5) is 15.3. The second kappa shape index (κ2) is 6.62. The van der Waals surface area contributed by atoms with Crippen molar-refractivity contribution in [3.05, 3.63) is 35.7 Å². The van der Waals surface area contributed by atoms with E-state index in [1.807, 2.05) is 24.3 Å². The number of likely N-dealkylation sites (tertiary alicyclic amines) is 1. The van der Waals surface area contributed by atoms with Gasteiger partial charge in [-0.25, -0.2) is 0 Å². The molecular weight excluding hydrogens is 314 g/mol. The van der Waals surface area contributed by atoms with Crippen molar-refractivity contribution in [2.75, 3.05) is 6.54 Å². The molecule has 5 heteroatoms. The van der Waals surface area contributed by atoms with Crippen molar-refractivity contribution in [2.24, 2.45) is 11.8 Å². The van der Waals surface area contributed by atoms with Crippen LogP contribution in [-0.2, 0) is 0 Å². The van der Waals surface area contributed by atoms with E-state index in [9.17, 15) is 4.79 Å². The minimum Gasteiger partial charge on any atom is -0.421 e. The van der Waals surface area contributed by atoms with Crippen LogP contribution in [-0.4, -0.2) is 33.6 Å². The smallest absolute Gasteiger partial charge is 0.254 e. The fraction of sp³-hybridized carbons (Fsp3) is 0.550. The molecular formula is C20H25N3O2. The molecule has 3 atom stereocenters. The topological polar surface area (TPSA) is 59.2 Å². The van der Waals surface area contributed by atoms with E-state index in [2.05, 4.69) is 22.0 Å². The summed E-state index contributed by atoms with van der Waals surface area (Å²) in [6, 6.07) is 7.98. The van der Waals surface area contributed by atoms with Crippen molar-refractivity contribution < 1.29 is 9.21 Å². The third kappa shape index (κ3) is 3.08. The zero-order chi connectivity index (χ0) is 17.4. The van der Waals surface area contributed by atoms with Gasteiger partial charge in [-0.05, 0) is 49.3 Å². The van der Waals surface area contributed by atoms with Gasteiger partial charge in [0.15, 0.2) is 0 Å². The molecule has 2 fully saturated rings. The lowest BCUT2D eigenvalue weighted by molar-refractivity contribution is 0.0218. The lowest BCUT2D eigenvalue weighted by Gasteiger charge is -2.47. The normalized spacial score (nSPS) is 26.3. The number of carbonyl (C=O) groups is 1. The molecule has 25 heavy (non-hydrogen) atoms. The Labute approximate surface area is 148 Å². The van der Waals surface area contributed by atoms with Gasteiger partial charge >= 0.3 is 0 Å². The zero-order valence-electron chi connectivity index (χ0n) is 14.9. The van der Waals surface area contributed by atoms with Crippen LogP contribution < -0.4 is 0 Å². The summed E-state index contributed by atoms with van der Waals surface area (Å²) in [5.41, 5.74) is 1.52. The van der Waals surface area contributed by atoms with Crippen molar-refractivity contribution in [1.82, 2.24) is 15.1 Å². The van der Waals surface area contributed by atoms with E-state index in [-0.39, 0.29) is 5.91 Å². The maximum atomic E-state index is 13.2. The van der Waals surface area contributed by atoms with Crippen LogP contribution in [0, 0.1) is 18.8 Å². The maximum Gasteiger partial charge on any atom is 0.254 e. The monoisotopic (exact) mass is 339 g/mol. The lowest BCUT2D eigenvalue weighted by atomic mass is 9.72. The second-order valence-electron chi connectivity index (χ2n) is 7.49. The first-order valence-corrected chi connectivity index (χ1v) is 9.35. The number of aromatic nitrogens is 2. The molecule has 0 N–H and O–H groups in total. The van der Waals surface area contributed by atoms with Gasteiger partial charge in [-0.1, -0.05) is 25.8 Å². The zero-order valence-corrected chi connectivity index (χ0v) is 14.9. The van der Waals surface area contributed by atoms with Crippen LogP contribution in [0.4, 0.5) is 0 Å². The number of fused-ring (bicyclic) bond motifs is 1. The number of carbonyl (C=O) groups excluding carboxylic acids is 1. The van der Waals surface area contributed by atoms with Crippen LogP contribution >= 0.6 is 0 Å². The first kappa shape index (κ1) is 16.3. The molecule has 4 rings (SSSR count). The van der Waals surface area contributed by atoms with E-state index >= 15 is 0 Å². The first-order valence-electron chi connectivity index (χ1n) is 9.35. The summed E-state index contributed by atoms with van der Waals surface area (Å²) >= 11 is 0. The Hall–Kier alpha value is -2.17. The number of amides is 1. The molecule has 2 aliphatic rings. The van der Waals surface area contributed by atoms with Gasteiger partial charge in [0.25, 0.3) is 5.91 Å². The molecule has 1 aliphatic heterocycles. The highest BCUT2D eigenvalue weighted by Crippen LogP contribution is 2.39. The van der Waals surface area contributed by atoms with Gasteiger partial charge in [0, 0.05) is 30.6 Å². The maximum absolute atomic E-state index is 13.2. The number of nitrogens with zero attached hydrogens (tertiary/aromatic N) is 3. The van der Waals surface area contributed by atoms with E-state index in [0.717, 1.165) is 30.9 Å². The molecule has 0 bridgehead atoms. The predicted octanol–water partition coefficient (Wildman–Crippen LogP) is 4.09. The van der Waals surface area contributed by atoms with Crippen LogP contribution in [0.2, 0.25) is 0 Å². The molecule has 1 saturated heterocycles. The Morgan fingerprint density at radius 3 is 2.84 bits per heavy atom. The van der Waals surface area contributed by atoms with E-state index in [1.54, 1.807) is 6.92 Å². The molecule has 0 spiro atoms. The van der Waals surface area contributed by atoms with Crippen molar-refractivity contribution in [1.29, 1.82) is 0 Å². The number of hydrogen-bond acceptors (Lipinski definition) is 4. The van der Waals surface area contributed by atoms with Gasteiger partial charge < -0.3 is 9.32 Å². The Morgan fingerprint density at radius 2 is 2.04 bits per heavy atom. The van der Waals surface area contributed by atoms with Crippen LogP contribution in [0.1, 0.15) is 55.3 Å². The van der Waals surface area contributed by atoms with Gasteiger partial charge in [0.1, 0.15) is 0 Å². The van der Waals surface area contributed by atoms with Crippen molar-refractivity contribution >= 4 is 5.91 Å². The van der Waals surface area contributed by atoms with Gasteiger partial charge in [-0.2, -0.15) is 0 Å². The van der Waals surface area contributed by atoms with Crippen LogP contribution in [0.25, 0.3) is 11.5 Å². The Bertz CT molecular complexity index is 770. The summed E-state index contributed by atoms with van der Waals surface area (Å²) in [6.07, 6.45) is 6.05. The minimum absolute atomic E-state index is 0.141. The highest BCUT2D eigenvalue weighted by atomic mass is 16.4. The van der Waals surface area contributed by atoms with Crippen LogP contribution in [0.5, 0.6) is 0 Å². The van der Waals surface area contributed by atoms with Crippen molar-refractivity contribution in [3.63, 3.8) is 0 Å². The molecule has 1 saturated carbocycles. The van der Waals surface area contributed by atoms with Gasteiger partial charge in [0.2, 0.25) is 11.8 Å². The van der Waals surface area contributed by atoms with E-state index < -0.39 is 0 Å². The number of piperidine rings is 1. The molecule has 1 aliphatic carbocycles. The number of rotatable bonds is 2. The molecule has 1 amide bonds. The Morgan fingerprint density at radius 1 is 1.20 bits per heavy atom. The third-order valence-corrected chi connectivity index (χ3v) is 5.88. The van der Waals surface area contributed by atoms with Gasteiger partial charge in [-0.3, -0.25) is 4.79 Å². The third-order valence-electron chi connectivity index (χ3n) is 5.88. The van der Waals surface area contributed by atoms with E-state index in [4.69, 9.17) is 4.42 Å². The number of benzene rings is 1. The molecule has 132 valence electrons. The molecule has 1 aromatic heterocycles. The van der Waals surface area contributed by atoms with E-state index in [0.29, 0.717) is 29.3 Å². The summed E-state index contributed by atoms with van der Waals surface area (Å²) in [5.74, 6) is 2.52. The Balaban J connectivity index is 1.60. The summed E-state index contributed by atoms with van der Waals surface area (Å²) in [7, 11) is 0. The van der Waals surface area contributed by atoms with E-state index in [1.165, 1.54) is 19.3 Å². The molecule has 1 aromatic carbocycles. The first-order chi connectivity index (χ1) is 12.1. The van der Waals surface area contributed by atoms with Crippen molar-refractivity contribution in [2.45, 2.75) is 52.0 Å².